The average molecular weight is 345 g/mol. The summed E-state index contributed by atoms with van der Waals surface area (Å²) in [7, 11) is 0. The van der Waals surface area contributed by atoms with Crippen LogP contribution in [-0.2, 0) is 6.42 Å². The van der Waals surface area contributed by atoms with E-state index in [1.165, 1.54) is 17.5 Å². The predicted molar refractivity (Wildman–Crippen MR) is 103 cm³/mol. The molecule has 4 heteroatoms. The van der Waals surface area contributed by atoms with Crippen molar-refractivity contribution in [3.63, 3.8) is 0 Å². The van der Waals surface area contributed by atoms with Crippen LogP contribution < -0.4 is 0 Å². The molecule has 1 atom stereocenters. The van der Waals surface area contributed by atoms with Gasteiger partial charge in [0.15, 0.2) is 0 Å². The van der Waals surface area contributed by atoms with Crippen LogP contribution in [0.25, 0.3) is 11.0 Å². The van der Waals surface area contributed by atoms with Crippen LogP contribution in [0.4, 0.5) is 0 Å². The summed E-state index contributed by atoms with van der Waals surface area (Å²) in [5.74, 6) is 0.501. The minimum absolute atomic E-state index is 0.00291. The van der Waals surface area contributed by atoms with Crippen molar-refractivity contribution in [2.75, 3.05) is 13.1 Å². The van der Waals surface area contributed by atoms with E-state index in [2.05, 4.69) is 41.2 Å². The van der Waals surface area contributed by atoms with E-state index >= 15 is 0 Å². The summed E-state index contributed by atoms with van der Waals surface area (Å²) in [6, 6.07) is 16.4. The second-order valence-electron chi connectivity index (χ2n) is 7.19. The lowest BCUT2D eigenvalue weighted by Gasteiger charge is -2.32. The van der Waals surface area contributed by atoms with Crippen LogP contribution in [0, 0.1) is 12.8 Å². The van der Waals surface area contributed by atoms with Crippen molar-refractivity contribution in [3.8, 4) is 0 Å². The largest absolute Gasteiger partial charge is 0.337 e. The smallest absolute Gasteiger partial charge is 0.274 e. The molecule has 0 spiro atoms. The Bertz CT molecular complexity index is 920. The van der Waals surface area contributed by atoms with Gasteiger partial charge in [0, 0.05) is 13.1 Å². The number of hydrogen-bond donors (Lipinski definition) is 0. The Balaban J connectivity index is 1.47. The highest BCUT2D eigenvalue weighted by molar-refractivity contribution is 5.93. The standard InChI is InChI=1S/C22H23N3O/c1-16-8-10-17(11-9-16)13-18-5-4-12-25(15-18)22(26)21-14-23-19-6-2-3-7-20(19)24-21/h2-3,6-11,14,18H,4-5,12-13,15H2,1H3. The fraction of sp³-hybridized carbons (Fsp3) is 0.318. The fourth-order valence-corrected chi connectivity index (χ4v) is 3.70. The van der Waals surface area contributed by atoms with Gasteiger partial charge in [-0.1, -0.05) is 42.0 Å². The molecule has 26 heavy (non-hydrogen) atoms. The topological polar surface area (TPSA) is 46.1 Å². The normalized spacial score (nSPS) is 17.4. The highest BCUT2D eigenvalue weighted by atomic mass is 16.2. The van der Waals surface area contributed by atoms with Crippen molar-refractivity contribution in [2.45, 2.75) is 26.2 Å². The maximum Gasteiger partial charge on any atom is 0.274 e. The first-order chi connectivity index (χ1) is 12.7. The van der Waals surface area contributed by atoms with Gasteiger partial charge in [0.05, 0.1) is 17.2 Å². The number of carbonyl (C=O) groups is 1. The number of para-hydroxylation sites is 2. The molecule has 2 heterocycles. The third kappa shape index (κ3) is 3.59. The number of rotatable bonds is 3. The molecule has 2 aromatic carbocycles. The van der Waals surface area contributed by atoms with E-state index in [1.54, 1.807) is 6.20 Å². The van der Waals surface area contributed by atoms with E-state index in [0.717, 1.165) is 37.0 Å². The second-order valence-corrected chi connectivity index (χ2v) is 7.19. The van der Waals surface area contributed by atoms with Gasteiger partial charge in [0.25, 0.3) is 5.91 Å². The Hall–Kier alpha value is -2.75. The van der Waals surface area contributed by atoms with E-state index in [9.17, 15) is 4.79 Å². The molecule has 1 aliphatic heterocycles. The van der Waals surface area contributed by atoms with Crippen LogP contribution in [-0.4, -0.2) is 33.9 Å². The Morgan fingerprint density at radius 1 is 1.12 bits per heavy atom. The molecule has 1 amide bonds. The summed E-state index contributed by atoms with van der Waals surface area (Å²) in [5.41, 5.74) is 4.66. The maximum atomic E-state index is 12.9. The number of nitrogens with zero attached hydrogens (tertiary/aromatic N) is 3. The lowest BCUT2D eigenvalue weighted by molar-refractivity contribution is 0.0667. The average Bonchev–Trinajstić information content (AvgIpc) is 2.69. The van der Waals surface area contributed by atoms with E-state index < -0.39 is 0 Å². The first kappa shape index (κ1) is 16.7. The summed E-state index contributed by atoms with van der Waals surface area (Å²) in [6.45, 7) is 3.70. The molecule has 0 aliphatic carbocycles. The summed E-state index contributed by atoms with van der Waals surface area (Å²) in [6.07, 6.45) is 4.84. The van der Waals surface area contributed by atoms with Gasteiger partial charge >= 0.3 is 0 Å². The van der Waals surface area contributed by atoms with Crippen LogP contribution in [0.5, 0.6) is 0 Å². The Labute approximate surface area is 153 Å². The van der Waals surface area contributed by atoms with Crippen molar-refractivity contribution in [2.24, 2.45) is 5.92 Å². The zero-order chi connectivity index (χ0) is 17.9. The van der Waals surface area contributed by atoms with Crippen LogP contribution in [0.15, 0.2) is 54.7 Å². The molecule has 1 unspecified atom stereocenters. The molecule has 132 valence electrons. The number of aromatic nitrogens is 2. The molecule has 1 saturated heterocycles. The van der Waals surface area contributed by atoms with E-state index in [1.807, 2.05) is 29.2 Å². The van der Waals surface area contributed by atoms with Gasteiger partial charge in [0.2, 0.25) is 0 Å². The molecule has 0 radical (unpaired) electrons. The maximum absolute atomic E-state index is 12.9. The van der Waals surface area contributed by atoms with Crippen LogP contribution in [0.1, 0.15) is 34.5 Å². The van der Waals surface area contributed by atoms with Crippen molar-refractivity contribution < 1.29 is 4.79 Å². The third-order valence-corrected chi connectivity index (χ3v) is 5.12. The summed E-state index contributed by atoms with van der Waals surface area (Å²) in [5, 5.41) is 0. The van der Waals surface area contributed by atoms with Gasteiger partial charge in [-0.2, -0.15) is 0 Å². The minimum atomic E-state index is -0.00291. The molecule has 0 N–H and O–H groups in total. The fourth-order valence-electron chi connectivity index (χ4n) is 3.70. The van der Waals surface area contributed by atoms with Crippen LogP contribution in [0.2, 0.25) is 0 Å². The van der Waals surface area contributed by atoms with E-state index in [-0.39, 0.29) is 5.91 Å². The number of benzene rings is 2. The lowest BCUT2D eigenvalue weighted by atomic mass is 9.91. The lowest BCUT2D eigenvalue weighted by Crippen LogP contribution is -2.40. The number of hydrogen-bond acceptors (Lipinski definition) is 3. The van der Waals surface area contributed by atoms with Crippen molar-refractivity contribution in [3.05, 3.63) is 71.5 Å². The number of piperidine rings is 1. The quantitative estimate of drug-likeness (QED) is 0.720. The van der Waals surface area contributed by atoms with E-state index in [4.69, 9.17) is 0 Å². The van der Waals surface area contributed by atoms with Crippen LogP contribution in [0.3, 0.4) is 0 Å². The first-order valence-corrected chi connectivity index (χ1v) is 9.25. The van der Waals surface area contributed by atoms with Crippen molar-refractivity contribution in [1.29, 1.82) is 0 Å². The van der Waals surface area contributed by atoms with Crippen LogP contribution >= 0.6 is 0 Å². The number of amides is 1. The predicted octanol–water partition coefficient (Wildman–Crippen LogP) is 4.03. The van der Waals surface area contributed by atoms with Gasteiger partial charge in [-0.15, -0.1) is 0 Å². The minimum Gasteiger partial charge on any atom is -0.337 e. The van der Waals surface area contributed by atoms with Crippen molar-refractivity contribution >= 4 is 16.9 Å². The Morgan fingerprint density at radius 2 is 1.88 bits per heavy atom. The monoisotopic (exact) mass is 345 g/mol. The SMILES string of the molecule is Cc1ccc(CC2CCCN(C(=O)c3cnc4ccccc4n3)C2)cc1. The number of likely N-dealkylation sites (tertiary alicyclic amines) is 1. The summed E-state index contributed by atoms with van der Waals surface area (Å²) in [4.78, 5) is 23.8. The van der Waals surface area contributed by atoms with Gasteiger partial charge in [0.1, 0.15) is 5.69 Å². The van der Waals surface area contributed by atoms with Gasteiger partial charge in [-0.05, 0) is 49.8 Å². The molecule has 1 fully saturated rings. The number of aryl methyl sites for hydroxylation is 1. The molecule has 4 rings (SSSR count). The van der Waals surface area contributed by atoms with Crippen molar-refractivity contribution in [1.82, 2.24) is 14.9 Å². The molecule has 1 aliphatic rings. The molecule has 4 nitrogen and oxygen atoms in total. The highest BCUT2D eigenvalue weighted by Crippen LogP contribution is 2.22. The van der Waals surface area contributed by atoms with Gasteiger partial charge in [-0.25, -0.2) is 4.98 Å². The summed E-state index contributed by atoms with van der Waals surface area (Å²) >= 11 is 0. The zero-order valence-corrected chi connectivity index (χ0v) is 15.1. The Morgan fingerprint density at radius 3 is 2.69 bits per heavy atom. The van der Waals surface area contributed by atoms with E-state index in [0.29, 0.717) is 11.6 Å². The highest BCUT2D eigenvalue weighted by Gasteiger charge is 2.25. The molecule has 0 saturated carbocycles. The molecule has 0 bridgehead atoms. The van der Waals surface area contributed by atoms with Gasteiger partial charge < -0.3 is 4.90 Å². The summed E-state index contributed by atoms with van der Waals surface area (Å²) < 4.78 is 0. The zero-order valence-electron chi connectivity index (χ0n) is 15.1. The molecule has 1 aromatic heterocycles. The van der Waals surface area contributed by atoms with Gasteiger partial charge in [-0.3, -0.25) is 9.78 Å². The number of carbonyl (C=O) groups excluding carboxylic acids is 1. The number of fused-ring (bicyclic) bond motifs is 1. The molecular formula is C22H23N3O. The first-order valence-electron chi connectivity index (χ1n) is 9.25. The second kappa shape index (κ2) is 7.24. The third-order valence-electron chi connectivity index (χ3n) is 5.12. The molecule has 3 aromatic rings. The Kier molecular flexibility index (Phi) is 4.65. The molecular weight excluding hydrogens is 322 g/mol.